The van der Waals surface area contributed by atoms with Gasteiger partial charge in [-0.05, 0) is 129 Å². The van der Waals surface area contributed by atoms with Gasteiger partial charge in [-0.3, -0.25) is 0 Å². The van der Waals surface area contributed by atoms with Crippen LogP contribution in [-0.4, -0.2) is 0 Å². The van der Waals surface area contributed by atoms with E-state index in [0.29, 0.717) is 0 Å². The van der Waals surface area contributed by atoms with Crippen LogP contribution in [0.1, 0.15) is 78.1 Å². The van der Waals surface area contributed by atoms with Crippen molar-refractivity contribution in [2.75, 3.05) is 0 Å². The highest BCUT2D eigenvalue weighted by atomic mass is 14.7. The normalized spacial score (nSPS) is 64.2. The Morgan fingerprint density at radius 2 is 1.12 bits per heavy atom. The summed E-state index contributed by atoms with van der Waals surface area (Å²) in [7, 11) is 0. The Kier molecular flexibility index (Phi) is 3.31. The van der Waals surface area contributed by atoms with Gasteiger partial charge in [0, 0.05) is 0 Å². The van der Waals surface area contributed by atoms with E-state index in [4.69, 9.17) is 0 Å². The summed E-state index contributed by atoms with van der Waals surface area (Å²) >= 11 is 0. The molecule has 0 spiro atoms. The molecule has 0 nitrogen and oxygen atoms in total. The summed E-state index contributed by atoms with van der Waals surface area (Å²) in [6.45, 7) is 5.01. The summed E-state index contributed by atoms with van der Waals surface area (Å²) in [5.74, 6) is 14.0. The first-order chi connectivity index (χ1) is 11.7. The fourth-order valence-electron chi connectivity index (χ4n) is 10.3. The molecule has 6 bridgehead atoms. The minimum Gasteiger partial charge on any atom is -0.0622 e. The van der Waals surface area contributed by atoms with Crippen LogP contribution in [0.5, 0.6) is 0 Å². The highest BCUT2D eigenvalue weighted by molar-refractivity contribution is 5.10. The van der Waals surface area contributed by atoms with Crippen molar-refractivity contribution >= 4 is 0 Å². The van der Waals surface area contributed by atoms with E-state index >= 15 is 0 Å². The maximum absolute atomic E-state index is 2.52. The van der Waals surface area contributed by atoms with Crippen molar-refractivity contribution in [3.8, 4) is 0 Å². The fourth-order valence-corrected chi connectivity index (χ4v) is 10.3. The second kappa shape index (κ2) is 5.26. The van der Waals surface area contributed by atoms with Crippen LogP contribution >= 0.6 is 0 Å². The lowest BCUT2D eigenvalue weighted by molar-refractivity contribution is 0.112. The van der Waals surface area contributed by atoms with Crippen LogP contribution in [0.15, 0.2) is 0 Å². The van der Waals surface area contributed by atoms with Gasteiger partial charge in [0.2, 0.25) is 0 Å². The third-order valence-electron chi connectivity index (χ3n) is 10.8. The summed E-state index contributed by atoms with van der Waals surface area (Å²) in [6.07, 6.45) is 15.9. The smallest absolute Gasteiger partial charge is 0.0321 e. The molecule has 0 amide bonds. The summed E-state index contributed by atoms with van der Waals surface area (Å²) in [5, 5.41) is 0. The van der Waals surface area contributed by atoms with E-state index in [9.17, 15) is 0 Å². The van der Waals surface area contributed by atoms with Crippen molar-refractivity contribution in [2.24, 2.45) is 71.0 Å². The van der Waals surface area contributed by atoms with Gasteiger partial charge >= 0.3 is 0 Å². The SMILES string of the molecule is CC1CC2CC1C1C3CCC(C3)C21.CC1CC2CC1C1CCCC21. The predicted octanol–water partition coefficient (Wildman–Crippen LogP) is 6.40. The van der Waals surface area contributed by atoms with Gasteiger partial charge in [-0.15, -0.1) is 0 Å². The maximum Gasteiger partial charge on any atom is -0.0321 e. The average molecular weight is 327 g/mol. The second-order valence-corrected chi connectivity index (χ2v) is 11.5. The first-order valence-corrected chi connectivity index (χ1v) is 11.7. The highest BCUT2D eigenvalue weighted by Gasteiger charge is 2.61. The standard InChI is InChI=1S/C13H20.C11H18/c1-7-4-10-6-11(7)13-9-3-2-8(5-9)12(10)13;1-7-5-8-6-11(7)10-4-2-3-9(8)10/h7-13H,2-6H2,1H3;7-11H,2-6H2,1H3. The van der Waals surface area contributed by atoms with Crippen LogP contribution in [-0.2, 0) is 0 Å². The van der Waals surface area contributed by atoms with E-state index < -0.39 is 0 Å². The quantitative estimate of drug-likeness (QED) is 0.452. The molecular formula is C24H38. The zero-order valence-corrected chi connectivity index (χ0v) is 16.0. The van der Waals surface area contributed by atoms with E-state index in [1.54, 1.807) is 64.2 Å². The maximum atomic E-state index is 2.52. The molecule has 12 unspecified atom stereocenters. The topological polar surface area (TPSA) is 0 Å². The van der Waals surface area contributed by atoms with Crippen LogP contribution < -0.4 is 0 Å². The summed E-state index contributed by atoms with van der Waals surface area (Å²) in [6, 6.07) is 0. The van der Waals surface area contributed by atoms with Gasteiger partial charge in [0.15, 0.2) is 0 Å². The van der Waals surface area contributed by atoms with E-state index in [0.717, 1.165) is 17.8 Å². The van der Waals surface area contributed by atoms with Crippen molar-refractivity contribution in [3.63, 3.8) is 0 Å². The van der Waals surface area contributed by atoms with E-state index in [1.165, 1.54) is 53.3 Å². The molecule has 134 valence electrons. The van der Waals surface area contributed by atoms with Gasteiger partial charge in [0.05, 0.1) is 0 Å². The lowest BCUT2D eigenvalue weighted by Crippen LogP contribution is -2.31. The van der Waals surface area contributed by atoms with Gasteiger partial charge in [-0.25, -0.2) is 0 Å². The summed E-state index contributed by atoms with van der Waals surface area (Å²) < 4.78 is 0. The predicted molar refractivity (Wildman–Crippen MR) is 99.4 cm³/mol. The van der Waals surface area contributed by atoms with Crippen molar-refractivity contribution in [3.05, 3.63) is 0 Å². The summed E-state index contributed by atoms with van der Waals surface area (Å²) in [5.41, 5.74) is 0. The van der Waals surface area contributed by atoms with Gasteiger partial charge < -0.3 is 0 Å². The number of hydrogen-bond donors (Lipinski definition) is 0. The first kappa shape index (κ1) is 15.1. The molecule has 12 atom stereocenters. The zero-order valence-electron chi connectivity index (χ0n) is 16.0. The van der Waals surface area contributed by atoms with E-state index in [2.05, 4.69) is 13.8 Å². The Morgan fingerprint density at radius 1 is 0.458 bits per heavy atom. The average Bonchev–Trinajstić information content (AvgIpc) is 3.35. The van der Waals surface area contributed by atoms with Gasteiger partial charge in [-0.1, -0.05) is 20.3 Å². The molecule has 0 heterocycles. The zero-order chi connectivity index (χ0) is 16.0. The Morgan fingerprint density at radius 3 is 2.00 bits per heavy atom. The molecule has 0 saturated heterocycles. The minimum atomic E-state index is 1.08. The molecule has 0 aromatic rings. The molecule has 7 rings (SSSR count). The fraction of sp³-hybridized carbons (Fsp3) is 1.00. The highest BCUT2D eigenvalue weighted by Crippen LogP contribution is 2.68. The second-order valence-electron chi connectivity index (χ2n) is 11.5. The number of hydrogen-bond acceptors (Lipinski definition) is 0. The van der Waals surface area contributed by atoms with E-state index in [-0.39, 0.29) is 0 Å². The Balaban J connectivity index is 0.000000102. The molecule has 0 heteroatoms. The van der Waals surface area contributed by atoms with Crippen LogP contribution in [0.25, 0.3) is 0 Å². The van der Waals surface area contributed by atoms with Crippen molar-refractivity contribution in [2.45, 2.75) is 78.1 Å². The molecule has 7 aliphatic carbocycles. The van der Waals surface area contributed by atoms with Gasteiger partial charge in [0.25, 0.3) is 0 Å². The lowest BCUT2D eigenvalue weighted by atomic mass is 9.68. The van der Waals surface area contributed by atoms with Crippen molar-refractivity contribution < 1.29 is 0 Å². The monoisotopic (exact) mass is 326 g/mol. The molecular weight excluding hydrogens is 288 g/mol. The third kappa shape index (κ3) is 1.92. The Labute approximate surface area is 149 Å². The van der Waals surface area contributed by atoms with Crippen LogP contribution in [0.4, 0.5) is 0 Å². The lowest BCUT2D eigenvalue weighted by Gasteiger charge is -2.37. The molecule has 7 fully saturated rings. The largest absolute Gasteiger partial charge is 0.0622 e. The van der Waals surface area contributed by atoms with Gasteiger partial charge in [-0.2, -0.15) is 0 Å². The Hall–Kier alpha value is 0. The molecule has 7 saturated carbocycles. The molecule has 0 aromatic heterocycles. The number of rotatable bonds is 0. The number of fused-ring (bicyclic) bond motifs is 14. The van der Waals surface area contributed by atoms with Crippen LogP contribution in [0, 0.1) is 71.0 Å². The van der Waals surface area contributed by atoms with E-state index in [1.807, 2.05) is 0 Å². The van der Waals surface area contributed by atoms with Gasteiger partial charge in [0.1, 0.15) is 0 Å². The van der Waals surface area contributed by atoms with Crippen LogP contribution in [0.2, 0.25) is 0 Å². The van der Waals surface area contributed by atoms with Crippen molar-refractivity contribution in [1.29, 1.82) is 0 Å². The summed E-state index contributed by atoms with van der Waals surface area (Å²) in [4.78, 5) is 0. The minimum absolute atomic E-state index is 1.08. The molecule has 24 heavy (non-hydrogen) atoms. The third-order valence-corrected chi connectivity index (χ3v) is 10.8. The Bertz CT molecular complexity index is 508. The molecule has 0 aromatic carbocycles. The molecule has 0 N–H and O–H groups in total. The molecule has 0 radical (unpaired) electrons. The molecule has 7 aliphatic rings. The molecule has 0 aliphatic heterocycles. The first-order valence-electron chi connectivity index (χ1n) is 11.7. The van der Waals surface area contributed by atoms with Crippen LogP contribution in [0.3, 0.4) is 0 Å². The van der Waals surface area contributed by atoms with Crippen molar-refractivity contribution in [1.82, 2.24) is 0 Å².